The first-order chi connectivity index (χ1) is 35.9. The maximum Gasteiger partial charge on any atom is 0.252 e. The lowest BCUT2D eigenvalue weighted by atomic mass is 9.33. The molecule has 9 aromatic carbocycles. The molecular weight excluding hydrogens is 916 g/mol. The van der Waals surface area contributed by atoms with Gasteiger partial charge in [0, 0.05) is 43.8 Å². The number of hydrogen-bond acceptors (Lipinski definition) is 0. The maximum absolute atomic E-state index is 2.82. The van der Waals surface area contributed by atoms with Crippen LogP contribution in [0.1, 0.15) is 154 Å². The van der Waals surface area contributed by atoms with Gasteiger partial charge in [-0.25, -0.2) is 0 Å². The first kappa shape index (κ1) is 46.2. The van der Waals surface area contributed by atoms with Crippen LogP contribution >= 0.6 is 0 Å². The third kappa shape index (κ3) is 5.69. The lowest BCUT2D eigenvalue weighted by Crippen LogP contribution is -2.61. The molecule has 374 valence electrons. The Balaban J connectivity index is 1.27. The van der Waals surface area contributed by atoms with Gasteiger partial charge in [-0.15, -0.1) is 0 Å². The van der Waals surface area contributed by atoms with Gasteiger partial charge in [-0.05, 0) is 157 Å². The van der Waals surface area contributed by atoms with Crippen LogP contribution in [0, 0.1) is 0 Å². The summed E-state index contributed by atoms with van der Waals surface area (Å²) in [6.45, 7) is 35.9. The van der Waals surface area contributed by atoms with Crippen LogP contribution in [0.25, 0.3) is 88.0 Å². The van der Waals surface area contributed by atoms with Crippen LogP contribution in [0.15, 0.2) is 146 Å². The predicted molar refractivity (Wildman–Crippen MR) is 327 cm³/mol. The van der Waals surface area contributed by atoms with E-state index in [1.54, 1.807) is 0 Å². The molecule has 4 aliphatic rings. The van der Waals surface area contributed by atoms with Gasteiger partial charge >= 0.3 is 0 Å². The maximum atomic E-state index is 2.82. The lowest BCUT2D eigenvalue weighted by molar-refractivity contribution is 0.588. The van der Waals surface area contributed by atoms with E-state index in [9.17, 15) is 0 Å². The van der Waals surface area contributed by atoms with Gasteiger partial charge in [0.2, 0.25) is 0 Å². The van der Waals surface area contributed by atoms with Crippen LogP contribution in [0.5, 0.6) is 0 Å². The van der Waals surface area contributed by atoms with E-state index in [-0.39, 0.29) is 33.8 Å². The summed E-state index contributed by atoms with van der Waals surface area (Å²) in [6.07, 6.45) is 0. The van der Waals surface area contributed by atoms with E-state index in [0.29, 0.717) is 0 Å². The van der Waals surface area contributed by atoms with Gasteiger partial charge in [-0.1, -0.05) is 213 Å². The van der Waals surface area contributed by atoms with Crippen molar-refractivity contribution in [2.75, 3.05) is 0 Å². The van der Waals surface area contributed by atoms with Gasteiger partial charge in [0.1, 0.15) is 0 Å². The van der Waals surface area contributed by atoms with Crippen molar-refractivity contribution >= 4 is 77.5 Å². The van der Waals surface area contributed by atoms with E-state index in [1.165, 1.54) is 154 Å². The second-order valence-electron chi connectivity index (χ2n) is 28.6. The van der Waals surface area contributed by atoms with Crippen LogP contribution in [-0.2, 0) is 32.5 Å². The Bertz CT molecular complexity index is 4430. The number of fused-ring (bicyclic) bond motifs is 15. The molecule has 1 spiro atoms. The molecule has 0 bridgehead atoms. The summed E-state index contributed by atoms with van der Waals surface area (Å²) >= 11 is 0. The average molecular weight is 985 g/mol. The van der Waals surface area contributed by atoms with E-state index >= 15 is 0 Å². The van der Waals surface area contributed by atoms with Crippen molar-refractivity contribution in [3.8, 4) is 33.6 Å². The fraction of sp³-hybridized carbons (Fsp3) is 0.288. The van der Waals surface area contributed by atoms with E-state index < -0.39 is 5.41 Å². The molecule has 1 aliphatic carbocycles. The molecule has 0 fully saturated rings. The van der Waals surface area contributed by atoms with Gasteiger partial charge in [0.15, 0.2) is 0 Å². The Morgan fingerprint density at radius 3 is 1.42 bits per heavy atom. The molecule has 0 amide bonds. The van der Waals surface area contributed by atoms with E-state index in [0.717, 1.165) is 0 Å². The molecule has 2 aromatic heterocycles. The summed E-state index contributed by atoms with van der Waals surface area (Å²) < 4.78 is 5.59. The summed E-state index contributed by atoms with van der Waals surface area (Å²) in [5, 5.41) is 8.06. The molecule has 0 atom stereocenters. The summed E-state index contributed by atoms with van der Waals surface area (Å²) in [4.78, 5) is 0. The Morgan fingerprint density at radius 2 is 0.829 bits per heavy atom. The topological polar surface area (TPSA) is 9.86 Å². The molecular formula is C73H69BN2. The van der Waals surface area contributed by atoms with Gasteiger partial charge in [0.25, 0.3) is 6.71 Å². The monoisotopic (exact) mass is 985 g/mol. The highest BCUT2D eigenvalue weighted by Crippen LogP contribution is 2.63. The predicted octanol–water partition coefficient (Wildman–Crippen LogP) is 17.0. The Morgan fingerprint density at radius 1 is 0.329 bits per heavy atom. The van der Waals surface area contributed by atoms with Crippen LogP contribution in [0.4, 0.5) is 0 Å². The Labute approximate surface area is 449 Å². The minimum Gasteiger partial charge on any atom is -0.310 e. The highest BCUT2D eigenvalue weighted by molar-refractivity contribution is 7.00. The van der Waals surface area contributed by atoms with E-state index in [4.69, 9.17) is 0 Å². The molecule has 0 unspecified atom stereocenters. The molecule has 3 heteroatoms. The molecule has 0 N–H and O–H groups in total. The van der Waals surface area contributed by atoms with Gasteiger partial charge < -0.3 is 9.13 Å². The molecule has 76 heavy (non-hydrogen) atoms. The number of rotatable bonds is 1. The number of aromatic nitrogens is 2. The summed E-state index contributed by atoms with van der Waals surface area (Å²) in [6, 6.07) is 59.0. The fourth-order valence-corrected chi connectivity index (χ4v) is 15.0. The first-order valence-corrected chi connectivity index (χ1v) is 28.1. The van der Waals surface area contributed by atoms with Crippen molar-refractivity contribution in [1.29, 1.82) is 0 Å². The van der Waals surface area contributed by atoms with Gasteiger partial charge in [-0.2, -0.15) is 0 Å². The molecule has 0 saturated carbocycles. The van der Waals surface area contributed by atoms with Gasteiger partial charge in [-0.3, -0.25) is 0 Å². The number of hydrogen-bond donors (Lipinski definition) is 0. The molecule has 0 radical (unpaired) electrons. The van der Waals surface area contributed by atoms with E-state index in [1.807, 2.05) is 0 Å². The lowest BCUT2D eigenvalue weighted by Gasteiger charge is -2.45. The van der Waals surface area contributed by atoms with Crippen LogP contribution in [-0.4, -0.2) is 15.8 Å². The summed E-state index contributed by atoms with van der Waals surface area (Å²) in [5.41, 5.74) is 29.0. The van der Waals surface area contributed by atoms with Crippen molar-refractivity contribution < 1.29 is 0 Å². The van der Waals surface area contributed by atoms with Crippen molar-refractivity contribution in [3.63, 3.8) is 0 Å². The average Bonchev–Trinajstić information content (AvgIpc) is 4.03. The second-order valence-corrected chi connectivity index (χ2v) is 28.6. The normalized spacial score (nSPS) is 15.1. The van der Waals surface area contributed by atoms with Crippen molar-refractivity contribution in [1.82, 2.24) is 9.13 Å². The van der Waals surface area contributed by atoms with Crippen molar-refractivity contribution in [2.24, 2.45) is 0 Å². The number of nitrogens with zero attached hydrogens (tertiary/aromatic N) is 2. The second kappa shape index (κ2) is 14.3. The van der Waals surface area contributed by atoms with E-state index in [2.05, 4.69) is 259 Å². The molecule has 2 nitrogen and oxygen atoms in total. The third-order valence-corrected chi connectivity index (χ3v) is 18.8. The quantitative estimate of drug-likeness (QED) is 0.145. The Hall–Kier alpha value is -7.10. The zero-order valence-corrected chi connectivity index (χ0v) is 47.3. The Kier molecular flexibility index (Phi) is 8.68. The zero-order valence-electron chi connectivity index (χ0n) is 47.3. The third-order valence-electron chi connectivity index (χ3n) is 18.8. The summed E-state index contributed by atoms with van der Waals surface area (Å²) in [5.74, 6) is 0. The molecule has 3 aliphatic heterocycles. The van der Waals surface area contributed by atoms with Crippen LogP contribution < -0.4 is 16.4 Å². The summed E-state index contributed by atoms with van der Waals surface area (Å²) in [7, 11) is 0. The standard InChI is InChI=1S/C73H69BN2/c1-68(2,3)40-30-31-61-49(32-40)50-34-42(70(7,8)9)37-59-64(50)75(61)66-53(45-24-20-26-46-44(45)25-21-29-54(46)72(13,14)15)39-58-67-62(66)74(59)60-38-43(71(10,11)12)35-52-51-33-41(69(4,5)6)36-57(63(51)76(67)65(52)60)73(58)55-27-18-16-22-47(55)48-23-17-19-28-56(48)73/h16-39H,1-15H3. The highest BCUT2D eigenvalue weighted by Gasteiger charge is 2.55. The number of benzene rings is 9. The van der Waals surface area contributed by atoms with Crippen molar-refractivity contribution in [3.05, 3.63) is 196 Å². The van der Waals surface area contributed by atoms with Crippen molar-refractivity contribution in [2.45, 2.75) is 136 Å². The zero-order chi connectivity index (χ0) is 52.9. The largest absolute Gasteiger partial charge is 0.310 e. The van der Waals surface area contributed by atoms with Crippen LogP contribution in [0.2, 0.25) is 0 Å². The smallest absolute Gasteiger partial charge is 0.252 e. The molecule has 15 rings (SSSR count). The fourth-order valence-electron chi connectivity index (χ4n) is 15.0. The minimum absolute atomic E-state index is 0.0229. The minimum atomic E-state index is -0.629. The van der Waals surface area contributed by atoms with Crippen LogP contribution in [0.3, 0.4) is 0 Å². The molecule has 0 saturated heterocycles. The first-order valence-electron chi connectivity index (χ1n) is 28.1. The van der Waals surface area contributed by atoms with Gasteiger partial charge in [0.05, 0.1) is 22.1 Å². The highest BCUT2D eigenvalue weighted by atomic mass is 15.1. The molecule has 5 heterocycles. The SMILES string of the molecule is CC(C)(C)c1ccc2c(c1)c1cc(C(C)(C)C)cc3c1n2-c1c(-c2cccc4c(C(C)(C)C)cccc24)cc2c4c1B3c1cc(C(C)(C)C)cc3c5cc(C(C)(C)C)cc(c5n-4c13)C21c2ccccc2-c2ccccc21. The molecule has 11 aromatic rings.